The smallest absolute Gasteiger partial charge is 0.309 e. The van der Waals surface area contributed by atoms with Crippen LogP contribution < -0.4 is 0 Å². The van der Waals surface area contributed by atoms with Crippen molar-refractivity contribution in [2.75, 3.05) is 14.2 Å². The summed E-state index contributed by atoms with van der Waals surface area (Å²) in [7, 11) is 3.47. The van der Waals surface area contributed by atoms with Gasteiger partial charge in [0.05, 0.1) is 13.0 Å². The predicted molar refractivity (Wildman–Crippen MR) is 95.4 cm³/mol. The molecule has 0 bridgehead atoms. The van der Waals surface area contributed by atoms with Gasteiger partial charge in [0.15, 0.2) is 0 Å². The number of piperidine rings is 1. The summed E-state index contributed by atoms with van der Waals surface area (Å²) in [6.45, 7) is 4.72. The fraction of sp³-hybridized carbons (Fsp3) is 0.810. The number of carbonyl (C=O) groups excluding carboxylic acids is 2. The molecular formula is C21H31NO3. The molecule has 6 atom stereocenters. The molecular weight excluding hydrogens is 314 g/mol. The van der Waals surface area contributed by atoms with Crippen LogP contribution in [0.5, 0.6) is 0 Å². The zero-order valence-electron chi connectivity index (χ0n) is 16.0. The van der Waals surface area contributed by atoms with Gasteiger partial charge in [-0.1, -0.05) is 19.9 Å². The molecule has 2 saturated carbocycles. The maximum atomic E-state index is 12.3. The lowest BCUT2D eigenvalue weighted by Gasteiger charge is -2.58. The minimum Gasteiger partial charge on any atom is -0.469 e. The molecule has 25 heavy (non-hydrogen) atoms. The van der Waals surface area contributed by atoms with E-state index in [2.05, 4.69) is 19.9 Å². The Kier molecular flexibility index (Phi) is 3.82. The zero-order valence-corrected chi connectivity index (χ0v) is 16.0. The van der Waals surface area contributed by atoms with Crippen molar-refractivity contribution in [3.05, 3.63) is 11.8 Å². The summed E-state index contributed by atoms with van der Waals surface area (Å²) in [6.07, 6.45) is 9.44. The van der Waals surface area contributed by atoms with Crippen LogP contribution in [0.2, 0.25) is 0 Å². The minimum atomic E-state index is -0.00954. The molecule has 3 aliphatic carbocycles. The van der Waals surface area contributed by atoms with Crippen molar-refractivity contribution in [3.63, 3.8) is 0 Å². The van der Waals surface area contributed by atoms with Crippen molar-refractivity contribution in [1.82, 2.24) is 4.90 Å². The van der Waals surface area contributed by atoms with Gasteiger partial charge < -0.3 is 9.64 Å². The Labute approximate surface area is 151 Å². The van der Waals surface area contributed by atoms with E-state index in [1.54, 1.807) is 0 Å². The lowest BCUT2D eigenvalue weighted by Crippen LogP contribution is -2.54. The molecule has 0 unspecified atom stereocenters. The first-order valence-electron chi connectivity index (χ1n) is 9.88. The average molecular weight is 345 g/mol. The molecule has 4 heteroatoms. The molecule has 0 radical (unpaired) electrons. The third-order valence-corrected chi connectivity index (χ3v) is 8.50. The van der Waals surface area contributed by atoms with Crippen LogP contribution in [0.25, 0.3) is 0 Å². The summed E-state index contributed by atoms with van der Waals surface area (Å²) >= 11 is 0. The van der Waals surface area contributed by atoms with Gasteiger partial charge in [-0.05, 0) is 61.7 Å². The minimum absolute atomic E-state index is 0.00954. The molecule has 1 heterocycles. The molecule has 0 N–H and O–H groups in total. The van der Waals surface area contributed by atoms with E-state index in [9.17, 15) is 9.59 Å². The molecule has 4 nitrogen and oxygen atoms in total. The molecule has 1 amide bonds. The molecule has 1 saturated heterocycles. The van der Waals surface area contributed by atoms with E-state index < -0.39 is 0 Å². The summed E-state index contributed by atoms with van der Waals surface area (Å²) in [6, 6.07) is 0. The highest BCUT2D eigenvalue weighted by molar-refractivity contribution is 5.79. The molecule has 0 aromatic carbocycles. The summed E-state index contributed by atoms with van der Waals surface area (Å²) in [5, 5.41) is 0. The molecule has 0 aromatic heterocycles. The van der Waals surface area contributed by atoms with Gasteiger partial charge in [-0.3, -0.25) is 9.59 Å². The van der Waals surface area contributed by atoms with E-state index in [0.29, 0.717) is 24.2 Å². The normalized spacial score (nSPS) is 46.0. The monoisotopic (exact) mass is 345 g/mol. The molecule has 0 aromatic rings. The van der Waals surface area contributed by atoms with Gasteiger partial charge in [-0.25, -0.2) is 0 Å². The number of esters is 1. The van der Waals surface area contributed by atoms with Gasteiger partial charge in [0.25, 0.3) is 0 Å². The molecule has 4 aliphatic rings. The standard InChI is InChI=1S/C21H31NO3/c1-20-11-9-15-13(14(20)6-7-16(20)19(24)25-4)5-8-17-21(15,2)12-10-18(23)22(17)3/h8,13-16H,5-7,9-12H2,1-4H3/t13-,14-,15-,16+,20-,21+/m0/s1. The number of fused-ring (bicyclic) bond motifs is 5. The molecule has 4 rings (SSSR count). The molecule has 0 spiro atoms. The van der Waals surface area contributed by atoms with Crippen molar-refractivity contribution in [2.45, 2.75) is 58.8 Å². The van der Waals surface area contributed by atoms with Crippen LogP contribution in [0.1, 0.15) is 58.8 Å². The van der Waals surface area contributed by atoms with E-state index in [1.165, 1.54) is 19.2 Å². The maximum Gasteiger partial charge on any atom is 0.309 e. The van der Waals surface area contributed by atoms with Crippen LogP contribution in [-0.2, 0) is 14.3 Å². The molecule has 138 valence electrons. The fourth-order valence-corrected chi connectivity index (χ4v) is 7.11. The van der Waals surface area contributed by atoms with Crippen LogP contribution in [0, 0.1) is 34.5 Å². The molecule has 3 fully saturated rings. The van der Waals surface area contributed by atoms with Crippen molar-refractivity contribution in [2.24, 2.45) is 34.5 Å². The predicted octanol–water partition coefficient (Wildman–Crippen LogP) is 3.76. The van der Waals surface area contributed by atoms with E-state index in [-0.39, 0.29) is 28.6 Å². The Morgan fingerprint density at radius 3 is 2.68 bits per heavy atom. The van der Waals surface area contributed by atoms with Gasteiger partial charge in [0, 0.05) is 24.6 Å². The van der Waals surface area contributed by atoms with Crippen molar-refractivity contribution >= 4 is 11.9 Å². The Balaban J connectivity index is 1.67. The number of methoxy groups -OCH3 is 1. The topological polar surface area (TPSA) is 46.6 Å². The summed E-state index contributed by atoms with van der Waals surface area (Å²) in [5.74, 6) is 2.20. The Morgan fingerprint density at radius 2 is 1.96 bits per heavy atom. The number of likely N-dealkylation sites (tertiary alicyclic amines) is 1. The Bertz CT molecular complexity index is 641. The number of allylic oxidation sites excluding steroid dienone is 2. The number of ether oxygens (including phenoxy) is 1. The van der Waals surface area contributed by atoms with Gasteiger partial charge in [0.2, 0.25) is 5.91 Å². The van der Waals surface area contributed by atoms with Gasteiger partial charge in [0.1, 0.15) is 0 Å². The SMILES string of the molecule is COC(=O)[C@H]1CC[C@H]2[C@@H]3CC=C4N(C)C(=O)CC[C@]4(C)[C@H]3CC[C@]12C. The average Bonchev–Trinajstić information content (AvgIpc) is 2.95. The highest BCUT2D eigenvalue weighted by atomic mass is 16.5. The van der Waals surface area contributed by atoms with E-state index >= 15 is 0 Å². The number of hydrogen-bond donors (Lipinski definition) is 0. The van der Waals surface area contributed by atoms with Crippen LogP contribution >= 0.6 is 0 Å². The second-order valence-electron chi connectivity index (χ2n) is 9.27. The summed E-state index contributed by atoms with van der Waals surface area (Å²) < 4.78 is 5.12. The third-order valence-electron chi connectivity index (χ3n) is 8.50. The first-order chi connectivity index (χ1) is 11.8. The molecule has 1 aliphatic heterocycles. The van der Waals surface area contributed by atoms with Crippen LogP contribution in [0.4, 0.5) is 0 Å². The highest BCUT2D eigenvalue weighted by Crippen LogP contribution is 2.65. The number of rotatable bonds is 1. The fourth-order valence-electron chi connectivity index (χ4n) is 7.11. The first kappa shape index (κ1) is 17.1. The Morgan fingerprint density at radius 1 is 1.20 bits per heavy atom. The number of nitrogens with zero attached hydrogens (tertiary/aromatic N) is 1. The van der Waals surface area contributed by atoms with E-state index in [1.807, 2.05) is 11.9 Å². The van der Waals surface area contributed by atoms with Crippen LogP contribution in [0.3, 0.4) is 0 Å². The highest BCUT2D eigenvalue weighted by Gasteiger charge is 2.60. The number of carbonyl (C=O) groups is 2. The van der Waals surface area contributed by atoms with Crippen LogP contribution in [0.15, 0.2) is 11.8 Å². The van der Waals surface area contributed by atoms with Crippen LogP contribution in [-0.4, -0.2) is 30.9 Å². The van der Waals surface area contributed by atoms with Crippen molar-refractivity contribution in [1.29, 1.82) is 0 Å². The maximum absolute atomic E-state index is 12.3. The van der Waals surface area contributed by atoms with Gasteiger partial charge in [-0.2, -0.15) is 0 Å². The number of hydrogen-bond acceptors (Lipinski definition) is 3. The number of amides is 1. The third kappa shape index (κ3) is 2.18. The largest absolute Gasteiger partial charge is 0.469 e. The first-order valence-corrected chi connectivity index (χ1v) is 9.88. The second-order valence-corrected chi connectivity index (χ2v) is 9.27. The van der Waals surface area contributed by atoms with Crippen molar-refractivity contribution in [3.8, 4) is 0 Å². The summed E-state index contributed by atoms with van der Waals surface area (Å²) in [5.41, 5.74) is 1.47. The van der Waals surface area contributed by atoms with E-state index in [0.717, 1.165) is 32.1 Å². The zero-order chi connectivity index (χ0) is 18.0. The lowest BCUT2D eigenvalue weighted by atomic mass is 9.49. The second kappa shape index (κ2) is 5.59. The lowest BCUT2D eigenvalue weighted by molar-refractivity contribution is -0.153. The summed E-state index contributed by atoms with van der Waals surface area (Å²) in [4.78, 5) is 26.4. The van der Waals surface area contributed by atoms with Gasteiger partial charge in [-0.15, -0.1) is 0 Å². The van der Waals surface area contributed by atoms with Crippen molar-refractivity contribution < 1.29 is 14.3 Å². The quantitative estimate of drug-likeness (QED) is 0.680. The van der Waals surface area contributed by atoms with Gasteiger partial charge >= 0.3 is 5.97 Å². The van der Waals surface area contributed by atoms with E-state index in [4.69, 9.17) is 4.74 Å². The Hall–Kier alpha value is -1.32.